The molecule has 1 radical (unpaired) electrons. The summed E-state index contributed by atoms with van der Waals surface area (Å²) in [5.41, 5.74) is 1.39. The first kappa shape index (κ1) is 15.3. The smallest absolute Gasteiger partial charge is 0.274 e. The van der Waals surface area contributed by atoms with E-state index in [9.17, 15) is 0 Å². The van der Waals surface area contributed by atoms with Gasteiger partial charge >= 0.3 is 0 Å². The van der Waals surface area contributed by atoms with Crippen molar-refractivity contribution >= 4 is 9.04 Å². The summed E-state index contributed by atoms with van der Waals surface area (Å²) in [4.78, 5) is 0. The summed E-state index contributed by atoms with van der Waals surface area (Å²) in [6.45, 7) is 6.64. The first-order valence-electron chi connectivity index (χ1n) is 7.30. The third kappa shape index (κ3) is 6.25. The zero-order valence-corrected chi connectivity index (χ0v) is 13.2. The summed E-state index contributed by atoms with van der Waals surface area (Å²) in [7, 11) is -0.651. The van der Waals surface area contributed by atoms with Crippen molar-refractivity contribution in [2.45, 2.75) is 65.0 Å². The minimum atomic E-state index is -0.651. The van der Waals surface area contributed by atoms with E-state index >= 15 is 0 Å². The predicted molar refractivity (Wildman–Crippen MR) is 81.6 cm³/mol. The molecule has 0 aliphatic rings. The highest BCUT2D eigenvalue weighted by Gasteiger charge is 2.05. The van der Waals surface area contributed by atoms with Crippen molar-refractivity contribution in [3.8, 4) is 5.75 Å². The lowest BCUT2D eigenvalue weighted by Gasteiger charge is -2.13. The molecular formula is C16H27OSi. The van der Waals surface area contributed by atoms with Crippen LogP contribution in [0.3, 0.4) is 0 Å². The number of rotatable bonds is 9. The maximum absolute atomic E-state index is 5.94. The average Bonchev–Trinajstić information content (AvgIpc) is 2.35. The molecule has 0 bridgehead atoms. The zero-order chi connectivity index (χ0) is 13.2. The van der Waals surface area contributed by atoms with Gasteiger partial charge in [0.25, 0.3) is 9.04 Å². The van der Waals surface area contributed by atoms with Gasteiger partial charge in [-0.25, -0.2) is 0 Å². The van der Waals surface area contributed by atoms with Gasteiger partial charge in [0.15, 0.2) is 0 Å². The van der Waals surface area contributed by atoms with Crippen LogP contribution in [0.15, 0.2) is 24.3 Å². The molecule has 0 N–H and O–H groups in total. The predicted octanol–water partition coefficient (Wildman–Crippen LogP) is 5.22. The Morgan fingerprint density at radius 1 is 0.944 bits per heavy atom. The normalized spacial score (nSPS) is 10.9. The molecule has 0 spiro atoms. The van der Waals surface area contributed by atoms with Crippen LogP contribution in [-0.2, 0) is 6.42 Å². The van der Waals surface area contributed by atoms with E-state index in [1.807, 2.05) is 0 Å². The number of benzene rings is 1. The highest BCUT2D eigenvalue weighted by Crippen LogP contribution is 2.21. The van der Waals surface area contributed by atoms with E-state index in [1.165, 1.54) is 44.1 Å². The largest absolute Gasteiger partial charge is 0.542 e. The second kappa shape index (κ2) is 9.20. The molecule has 0 aliphatic heterocycles. The summed E-state index contributed by atoms with van der Waals surface area (Å²) in [5, 5.41) is 0. The molecule has 0 aromatic heterocycles. The van der Waals surface area contributed by atoms with E-state index in [-0.39, 0.29) is 0 Å². The van der Waals surface area contributed by atoms with Crippen molar-refractivity contribution in [3.63, 3.8) is 0 Å². The van der Waals surface area contributed by atoms with Crippen LogP contribution in [0, 0.1) is 0 Å². The third-order valence-corrected chi connectivity index (χ3v) is 3.71. The number of aryl methyl sites for hydroxylation is 1. The van der Waals surface area contributed by atoms with Crippen LogP contribution in [0.4, 0.5) is 0 Å². The minimum absolute atomic E-state index is 0.651. The summed E-state index contributed by atoms with van der Waals surface area (Å²) in [6, 6.07) is 8.53. The topological polar surface area (TPSA) is 9.23 Å². The van der Waals surface area contributed by atoms with Gasteiger partial charge in [0.2, 0.25) is 0 Å². The molecule has 101 valence electrons. The van der Waals surface area contributed by atoms with Gasteiger partial charge in [-0.3, -0.25) is 0 Å². The van der Waals surface area contributed by atoms with Crippen LogP contribution in [0.2, 0.25) is 13.1 Å². The second-order valence-corrected chi connectivity index (χ2v) is 7.16. The van der Waals surface area contributed by atoms with Crippen molar-refractivity contribution in [3.05, 3.63) is 29.8 Å². The summed E-state index contributed by atoms with van der Waals surface area (Å²) in [6.07, 6.45) is 9.30. The van der Waals surface area contributed by atoms with Crippen LogP contribution >= 0.6 is 0 Å². The molecule has 1 aromatic carbocycles. The van der Waals surface area contributed by atoms with E-state index in [4.69, 9.17) is 4.43 Å². The lowest BCUT2D eigenvalue weighted by Crippen LogP contribution is -2.12. The molecule has 0 heterocycles. The average molecular weight is 263 g/mol. The molecule has 0 saturated heterocycles. The van der Waals surface area contributed by atoms with Crippen molar-refractivity contribution < 1.29 is 4.43 Å². The Hall–Kier alpha value is -0.763. The summed E-state index contributed by atoms with van der Waals surface area (Å²) < 4.78 is 5.94. The fourth-order valence-electron chi connectivity index (χ4n) is 2.13. The highest BCUT2D eigenvalue weighted by molar-refractivity contribution is 6.49. The quantitative estimate of drug-likeness (QED) is 0.438. The Balaban J connectivity index is 2.32. The van der Waals surface area contributed by atoms with Crippen LogP contribution < -0.4 is 4.43 Å². The molecule has 18 heavy (non-hydrogen) atoms. The molecule has 0 saturated carbocycles. The Morgan fingerprint density at radius 3 is 2.33 bits per heavy atom. The molecular weight excluding hydrogens is 236 g/mol. The van der Waals surface area contributed by atoms with E-state index in [0.717, 1.165) is 12.2 Å². The molecule has 0 fully saturated rings. The highest BCUT2D eigenvalue weighted by atomic mass is 28.3. The van der Waals surface area contributed by atoms with Gasteiger partial charge in [-0.1, -0.05) is 57.2 Å². The fourth-order valence-corrected chi connectivity index (χ4v) is 2.76. The van der Waals surface area contributed by atoms with Gasteiger partial charge in [0, 0.05) is 0 Å². The SMILES string of the molecule is CCCCCCCCc1ccccc1O[Si](C)C. The van der Waals surface area contributed by atoms with E-state index in [0.29, 0.717) is 0 Å². The first-order chi connectivity index (χ1) is 8.74. The maximum Gasteiger partial charge on any atom is 0.274 e. The molecule has 0 aliphatic carbocycles. The van der Waals surface area contributed by atoms with Crippen molar-refractivity contribution in [2.75, 3.05) is 0 Å². The lowest BCUT2D eigenvalue weighted by atomic mass is 10.0. The van der Waals surface area contributed by atoms with E-state index in [2.05, 4.69) is 44.3 Å². The molecule has 0 amide bonds. The summed E-state index contributed by atoms with van der Waals surface area (Å²) >= 11 is 0. The van der Waals surface area contributed by atoms with Gasteiger partial charge in [-0.2, -0.15) is 0 Å². The molecule has 2 heteroatoms. The Morgan fingerprint density at radius 2 is 1.61 bits per heavy atom. The van der Waals surface area contributed by atoms with E-state index < -0.39 is 9.04 Å². The number of hydrogen-bond acceptors (Lipinski definition) is 1. The van der Waals surface area contributed by atoms with Gasteiger partial charge in [-0.05, 0) is 37.6 Å². The Kier molecular flexibility index (Phi) is 7.82. The number of unbranched alkanes of at least 4 members (excludes halogenated alkanes) is 5. The molecule has 0 unspecified atom stereocenters. The van der Waals surface area contributed by atoms with Gasteiger partial charge < -0.3 is 4.43 Å². The van der Waals surface area contributed by atoms with Crippen LogP contribution in [0.5, 0.6) is 5.75 Å². The van der Waals surface area contributed by atoms with Crippen molar-refractivity contribution in [1.29, 1.82) is 0 Å². The standard InChI is InChI=1S/C16H27OSi/c1-4-5-6-7-8-9-12-15-13-10-11-14-16(15)17-18(2)3/h10-11,13-14H,4-9,12H2,1-3H3. The lowest BCUT2D eigenvalue weighted by molar-refractivity contribution is 0.561. The molecule has 1 rings (SSSR count). The fraction of sp³-hybridized carbons (Fsp3) is 0.625. The number of hydrogen-bond donors (Lipinski definition) is 0. The van der Waals surface area contributed by atoms with Gasteiger partial charge in [0.1, 0.15) is 5.75 Å². The first-order valence-corrected chi connectivity index (χ1v) is 9.70. The monoisotopic (exact) mass is 263 g/mol. The third-order valence-electron chi connectivity index (χ3n) is 3.09. The maximum atomic E-state index is 5.94. The van der Waals surface area contributed by atoms with E-state index in [1.54, 1.807) is 0 Å². The van der Waals surface area contributed by atoms with Crippen LogP contribution in [0.1, 0.15) is 51.0 Å². The van der Waals surface area contributed by atoms with Crippen LogP contribution in [0.25, 0.3) is 0 Å². The molecule has 1 nitrogen and oxygen atoms in total. The Bertz CT molecular complexity index is 323. The zero-order valence-electron chi connectivity index (χ0n) is 12.2. The minimum Gasteiger partial charge on any atom is -0.542 e. The summed E-state index contributed by atoms with van der Waals surface area (Å²) in [5.74, 6) is 1.12. The van der Waals surface area contributed by atoms with Gasteiger partial charge in [-0.15, -0.1) is 0 Å². The number of para-hydroxylation sites is 1. The second-order valence-electron chi connectivity index (χ2n) is 5.14. The van der Waals surface area contributed by atoms with Crippen LogP contribution in [-0.4, -0.2) is 9.04 Å². The van der Waals surface area contributed by atoms with Gasteiger partial charge in [0.05, 0.1) is 0 Å². The van der Waals surface area contributed by atoms with Crippen molar-refractivity contribution in [2.24, 2.45) is 0 Å². The van der Waals surface area contributed by atoms with Crippen molar-refractivity contribution in [1.82, 2.24) is 0 Å². The Labute approximate surface area is 114 Å². The molecule has 0 atom stereocenters. The molecule has 1 aromatic rings.